The number of carbonyl (C=O) groups excluding carboxylic acids is 1. The van der Waals surface area contributed by atoms with Crippen molar-refractivity contribution in [3.63, 3.8) is 0 Å². The largest absolute Gasteiger partial charge is 0.454 e. The first kappa shape index (κ1) is 19.6. The second-order valence-electron chi connectivity index (χ2n) is 7.44. The van der Waals surface area contributed by atoms with E-state index in [2.05, 4.69) is 25.1 Å². The van der Waals surface area contributed by atoms with Crippen molar-refractivity contribution in [2.24, 2.45) is 0 Å². The van der Waals surface area contributed by atoms with Gasteiger partial charge in [0, 0.05) is 0 Å². The van der Waals surface area contributed by atoms with E-state index in [0.717, 1.165) is 38.6 Å². The van der Waals surface area contributed by atoms with E-state index in [0.29, 0.717) is 12.3 Å². The molecule has 156 valence electrons. The predicted molar refractivity (Wildman–Crippen MR) is 123 cm³/mol. The van der Waals surface area contributed by atoms with Crippen molar-refractivity contribution in [3.05, 3.63) is 83.4 Å². The average Bonchev–Trinajstić information content (AvgIpc) is 3.44. The summed E-state index contributed by atoms with van der Waals surface area (Å²) in [6.07, 6.45) is 1.17. The summed E-state index contributed by atoms with van der Waals surface area (Å²) in [5, 5.41) is 0.727. The molecule has 2 heterocycles. The molecule has 0 aliphatic carbocycles. The number of aryl methyl sites for hydroxylation is 1. The smallest absolute Gasteiger partial charge is 0.233 e. The zero-order valence-electron chi connectivity index (χ0n) is 17.2. The maximum atomic E-state index is 13.5. The van der Waals surface area contributed by atoms with Crippen LogP contribution in [0.2, 0.25) is 0 Å². The second-order valence-corrected chi connectivity index (χ2v) is 8.45. The lowest BCUT2D eigenvalue weighted by Crippen LogP contribution is -2.31. The first-order valence-electron chi connectivity index (χ1n) is 10.3. The predicted octanol–water partition coefficient (Wildman–Crippen LogP) is 5.36. The Morgan fingerprint density at radius 1 is 1.00 bits per heavy atom. The van der Waals surface area contributed by atoms with Gasteiger partial charge in [0.05, 0.1) is 23.2 Å². The molecule has 0 radical (unpaired) electrons. The number of fused-ring (bicyclic) bond motifs is 2. The lowest BCUT2D eigenvalue weighted by molar-refractivity contribution is -0.118. The quantitative estimate of drug-likeness (QED) is 0.413. The molecule has 0 saturated carbocycles. The molecule has 5 nitrogen and oxygen atoms in total. The molecule has 0 unspecified atom stereocenters. The molecule has 0 saturated heterocycles. The van der Waals surface area contributed by atoms with Crippen molar-refractivity contribution >= 4 is 32.6 Å². The van der Waals surface area contributed by atoms with E-state index in [4.69, 9.17) is 14.5 Å². The lowest BCUT2D eigenvalue weighted by Gasteiger charge is -2.20. The number of carbonyl (C=O) groups is 1. The summed E-state index contributed by atoms with van der Waals surface area (Å²) in [6, 6.07) is 21.9. The molecule has 1 amide bonds. The molecule has 0 spiro atoms. The number of rotatable bonds is 6. The Bertz CT molecular complexity index is 1240. The topological polar surface area (TPSA) is 51.7 Å². The fourth-order valence-corrected chi connectivity index (χ4v) is 4.77. The minimum absolute atomic E-state index is 0.000164. The molecule has 0 bridgehead atoms. The molecule has 0 fully saturated rings. The number of thiazole rings is 1. The highest BCUT2D eigenvalue weighted by atomic mass is 32.1. The first-order valence-corrected chi connectivity index (χ1v) is 11.1. The van der Waals surface area contributed by atoms with Crippen molar-refractivity contribution in [3.8, 4) is 11.5 Å². The number of nitrogens with zero attached hydrogens (tertiary/aromatic N) is 2. The molecule has 0 N–H and O–H groups in total. The van der Waals surface area contributed by atoms with Crippen LogP contribution in [0.25, 0.3) is 10.2 Å². The van der Waals surface area contributed by atoms with Crippen LogP contribution < -0.4 is 14.4 Å². The van der Waals surface area contributed by atoms with Crippen LogP contribution in [0.4, 0.5) is 5.13 Å². The van der Waals surface area contributed by atoms with Crippen LogP contribution in [-0.2, 0) is 24.2 Å². The molecular weight excluding hydrogens is 408 g/mol. The van der Waals surface area contributed by atoms with E-state index in [9.17, 15) is 4.79 Å². The fourth-order valence-electron chi connectivity index (χ4n) is 3.74. The summed E-state index contributed by atoms with van der Waals surface area (Å²) >= 11 is 1.56. The standard InChI is InChI=1S/C25H22N2O3S/c1-2-19-9-6-10-22-24(19)26-25(31-22)27(15-17-7-4-3-5-8-17)23(28)14-18-11-12-20-21(13-18)30-16-29-20/h3-13H,2,14-16H2,1H3. The van der Waals surface area contributed by atoms with E-state index in [1.54, 1.807) is 16.2 Å². The highest BCUT2D eigenvalue weighted by molar-refractivity contribution is 7.22. The zero-order valence-corrected chi connectivity index (χ0v) is 18.0. The number of benzene rings is 3. The van der Waals surface area contributed by atoms with Crippen LogP contribution >= 0.6 is 11.3 Å². The third kappa shape index (κ3) is 3.99. The molecule has 5 rings (SSSR count). The van der Waals surface area contributed by atoms with Gasteiger partial charge in [-0.3, -0.25) is 9.69 Å². The van der Waals surface area contributed by atoms with E-state index < -0.39 is 0 Å². The number of hydrogen-bond acceptors (Lipinski definition) is 5. The summed E-state index contributed by atoms with van der Waals surface area (Å²) in [6.45, 7) is 2.82. The number of amides is 1. The summed E-state index contributed by atoms with van der Waals surface area (Å²) in [5.74, 6) is 1.41. The van der Waals surface area contributed by atoms with Gasteiger partial charge >= 0.3 is 0 Å². The van der Waals surface area contributed by atoms with E-state index in [1.165, 1.54) is 5.56 Å². The van der Waals surface area contributed by atoms with Crippen LogP contribution in [0.15, 0.2) is 66.7 Å². The van der Waals surface area contributed by atoms with E-state index in [-0.39, 0.29) is 19.1 Å². The van der Waals surface area contributed by atoms with Crippen molar-refractivity contribution in [2.45, 2.75) is 26.3 Å². The Morgan fingerprint density at radius 3 is 2.68 bits per heavy atom. The highest BCUT2D eigenvalue weighted by Crippen LogP contribution is 2.34. The lowest BCUT2D eigenvalue weighted by atomic mass is 10.1. The Kier molecular flexibility index (Phi) is 5.30. The van der Waals surface area contributed by atoms with Crippen molar-refractivity contribution in [1.29, 1.82) is 0 Å². The van der Waals surface area contributed by atoms with Gasteiger partial charge in [0.2, 0.25) is 12.7 Å². The Labute approximate surface area is 184 Å². The van der Waals surface area contributed by atoms with Gasteiger partial charge in [0.15, 0.2) is 16.6 Å². The summed E-state index contributed by atoms with van der Waals surface area (Å²) < 4.78 is 12.0. The Balaban J connectivity index is 1.49. The van der Waals surface area contributed by atoms with Gasteiger partial charge in [-0.05, 0) is 41.3 Å². The summed E-state index contributed by atoms with van der Waals surface area (Å²) in [7, 11) is 0. The molecule has 1 aliphatic rings. The number of ether oxygens (including phenoxy) is 2. The van der Waals surface area contributed by atoms with Gasteiger partial charge in [-0.1, -0.05) is 66.8 Å². The molecule has 31 heavy (non-hydrogen) atoms. The molecule has 1 aromatic heterocycles. The van der Waals surface area contributed by atoms with Gasteiger partial charge in [0.25, 0.3) is 0 Å². The normalized spacial score (nSPS) is 12.3. The summed E-state index contributed by atoms with van der Waals surface area (Å²) in [5.41, 5.74) is 4.14. The van der Waals surface area contributed by atoms with E-state index >= 15 is 0 Å². The Morgan fingerprint density at radius 2 is 1.84 bits per heavy atom. The molecular formula is C25H22N2O3S. The van der Waals surface area contributed by atoms with Crippen molar-refractivity contribution in [1.82, 2.24) is 4.98 Å². The molecule has 0 atom stereocenters. The van der Waals surface area contributed by atoms with Gasteiger partial charge in [-0.25, -0.2) is 4.98 Å². The highest BCUT2D eigenvalue weighted by Gasteiger charge is 2.22. The summed E-state index contributed by atoms with van der Waals surface area (Å²) in [4.78, 5) is 20.1. The molecule has 6 heteroatoms. The van der Waals surface area contributed by atoms with Crippen molar-refractivity contribution in [2.75, 3.05) is 11.7 Å². The van der Waals surface area contributed by atoms with Gasteiger partial charge in [-0.2, -0.15) is 0 Å². The second kappa shape index (κ2) is 8.40. The third-order valence-corrected chi connectivity index (χ3v) is 6.42. The van der Waals surface area contributed by atoms with Crippen LogP contribution in [0.1, 0.15) is 23.6 Å². The zero-order chi connectivity index (χ0) is 21.2. The number of aromatic nitrogens is 1. The Hall–Kier alpha value is -3.38. The van der Waals surface area contributed by atoms with Crippen LogP contribution in [0, 0.1) is 0 Å². The maximum absolute atomic E-state index is 13.5. The maximum Gasteiger partial charge on any atom is 0.233 e. The monoisotopic (exact) mass is 430 g/mol. The minimum atomic E-state index is -0.000164. The van der Waals surface area contributed by atoms with Gasteiger partial charge < -0.3 is 9.47 Å². The van der Waals surface area contributed by atoms with Gasteiger partial charge in [0.1, 0.15) is 0 Å². The SMILES string of the molecule is CCc1cccc2sc(N(Cc3ccccc3)C(=O)Cc3ccc4c(c3)OCO4)nc12. The molecule has 4 aromatic rings. The third-order valence-electron chi connectivity index (χ3n) is 5.38. The minimum Gasteiger partial charge on any atom is -0.454 e. The van der Waals surface area contributed by atoms with Crippen LogP contribution in [0.3, 0.4) is 0 Å². The van der Waals surface area contributed by atoms with Crippen molar-refractivity contribution < 1.29 is 14.3 Å². The van der Waals surface area contributed by atoms with Crippen LogP contribution in [0.5, 0.6) is 11.5 Å². The van der Waals surface area contributed by atoms with Gasteiger partial charge in [-0.15, -0.1) is 0 Å². The van der Waals surface area contributed by atoms with Crippen LogP contribution in [-0.4, -0.2) is 17.7 Å². The average molecular weight is 431 g/mol. The van der Waals surface area contributed by atoms with E-state index in [1.807, 2.05) is 48.5 Å². The number of para-hydroxylation sites is 1. The fraction of sp³-hybridized carbons (Fsp3) is 0.200. The number of anilines is 1. The molecule has 1 aliphatic heterocycles. The number of hydrogen-bond donors (Lipinski definition) is 0. The first-order chi connectivity index (χ1) is 15.2. The molecule has 3 aromatic carbocycles.